The summed E-state index contributed by atoms with van der Waals surface area (Å²) in [6.07, 6.45) is 3.94. The minimum atomic E-state index is -0.526. The normalized spacial score (nSPS) is 35.5. The molecule has 2 heteroatoms. The lowest BCUT2D eigenvalue weighted by Crippen LogP contribution is -2.43. The summed E-state index contributed by atoms with van der Waals surface area (Å²) in [6.45, 7) is 6.81. The highest BCUT2D eigenvalue weighted by Gasteiger charge is 2.35. The minimum Gasteiger partial charge on any atom is -0.313 e. The number of nitrogens with two attached hydrogens (primary N) is 1. The van der Waals surface area contributed by atoms with Gasteiger partial charge in [0.05, 0.1) is 6.07 Å². The van der Waals surface area contributed by atoms with E-state index < -0.39 is 5.54 Å². The highest BCUT2D eigenvalue weighted by atomic mass is 14.7. The molecule has 0 atom stereocenters. The zero-order valence-corrected chi connectivity index (χ0v) is 8.93. The van der Waals surface area contributed by atoms with E-state index in [0.717, 1.165) is 31.6 Å². The molecule has 1 rings (SSSR count). The standard InChI is InChI=1S/C11H20N2/c1-10(2,3)9-4-6-11(13,8-12)7-5-9/h9H,4-7,13H2,1-3H3. The fourth-order valence-corrected chi connectivity index (χ4v) is 2.11. The second-order valence-corrected chi connectivity index (χ2v) is 5.41. The van der Waals surface area contributed by atoms with Gasteiger partial charge in [-0.05, 0) is 37.0 Å². The second kappa shape index (κ2) is 3.31. The molecule has 0 radical (unpaired) electrons. The molecule has 13 heavy (non-hydrogen) atoms. The van der Waals surface area contributed by atoms with Crippen LogP contribution in [0.25, 0.3) is 0 Å². The summed E-state index contributed by atoms with van der Waals surface area (Å²) in [5, 5.41) is 8.86. The highest BCUT2D eigenvalue weighted by molar-refractivity contribution is 5.07. The van der Waals surface area contributed by atoms with Crippen LogP contribution in [0, 0.1) is 22.7 Å². The molecule has 1 aliphatic rings. The SMILES string of the molecule is CC(C)(C)C1CCC(N)(C#N)CC1. The molecular formula is C11H20N2. The first-order valence-corrected chi connectivity index (χ1v) is 5.07. The van der Waals surface area contributed by atoms with Crippen LogP contribution < -0.4 is 5.73 Å². The van der Waals surface area contributed by atoms with Crippen molar-refractivity contribution in [2.24, 2.45) is 17.1 Å². The molecule has 0 aromatic rings. The van der Waals surface area contributed by atoms with E-state index in [-0.39, 0.29) is 0 Å². The average Bonchev–Trinajstić information content (AvgIpc) is 2.04. The molecule has 0 spiro atoms. The first-order chi connectivity index (χ1) is 5.87. The lowest BCUT2D eigenvalue weighted by atomic mass is 9.68. The number of hydrogen-bond donors (Lipinski definition) is 1. The van der Waals surface area contributed by atoms with Gasteiger partial charge in [-0.25, -0.2) is 0 Å². The van der Waals surface area contributed by atoms with Crippen LogP contribution in [0.2, 0.25) is 0 Å². The largest absolute Gasteiger partial charge is 0.313 e. The lowest BCUT2D eigenvalue weighted by molar-refractivity contribution is 0.153. The van der Waals surface area contributed by atoms with Crippen LogP contribution in [-0.4, -0.2) is 5.54 Å². The van der Waals surface area contributed by atoms with Gasteiger partial charge in [0.1, 0.15) is 5.54 Å². The van der Waals surface area contributed by atoms with Crippen molar-refractivity contribution in [3.8, 4) is 6.07 Å². The van der Waals surface area contributed by atoms with Crippen molar-refractivity contribution >= 4 is 0 Å². The zero-order valence-electron chi connectivity index (χ0n) is 8.93. The van der Waals surface area contributed by atoms with Gasteiger partial charge in [-0.3, -0.25) is 0 Å². The molecule has 1 fully saturated rings. The number of nitrogens with zero attached hydrogens (tertiary/aromatic N) is 1. The fraction of sp³-hybridized carbons (Fsp3) is 0.909. The van der Waals surface area contributed by atoms with Crippen molar-refractivity contribution in [3.05, 3.63) is 0 Å². The van der Waals surface area contributed by atoms with Crippen LogP contribution in [0.15, 0.2) is 0 Å². The number of nitriles is 1. The van der Waals surface area contributed by atoms with Crippen molar-refractivity contribution in [1.82, 2.24) is 0 Å². The minimum absolute atomic E-state index is 0.372. The Labute approximate surface area is 81.1 Å². The van der Waals surface area contributed by atoms with Crippen LogP contribution in [0.5, 0.6) is 0 Å². The average molecular weight is 180 g/mol. The maximum Gasteiger partial charge on any atom is 0.104 e. The molecule has 0 bridgehead atoms. The maximum absolute atomic E-state index is 8.86. The molecule has 2 nitrogen and oxygen atoms in total. The van der Waals surface area contributed by atoms with Gasteiger partial charge in [-0.2, -0.15) is 5.26 Å². The molecular weight excluding hydrogens is 160 g/mol. The van der Waals surface area contributed by atoms with Crippen molar-refractivity contribution in [2.75, 3.05) is 0 Å². The summed E-state index contributed by atoms with van der Waals surface area (Å²) in [6, 6.07) is 2.23. The Morgan fingerprint density at radius 3 is 2.08 bits per heavy atom. The van der Waals surface area contributed by atoms with E-state index in [1.54, 1.807) is 0 Å². The van der Waals surface area contributed by atoms with Crippen LogP contribution in [0.3, 0.4) is 0 Å². The molecule has 0 aliphatic heterocycles. The summed E-state index contributed by atoms with van der Waals surface area (Å²) >= 11 is 0. The molecule has 74 valence electrons. The summed E-state index contributed by atoms with van der Waals surface area (Å²) in [5.74, 6) is 0.734. The summed E-state index contributed by atoms with van der Waals surface area (Å²) in [5.41, 5.74) is 5.75. The van der Waals surface area contributed by atoms with Crippen molar-refractivity contribution < 1.29 is 0 Å². The Balaban J connectivity index is 2.54. The lowest BCUT2D eigenvalue weighted by Gasteiger charge is -2.38. The first kappa shape index (κ1) is 10.5. The fourth-order valence-electron chi connectivity index (χ4n) is 2.11. The van der Waals surface area contributed by atoms with Crippen LogP contribution in [-0.2, 0) is 0 Å². The van der Waals surface area contributed by atoms with Crippen molar-refractivity contribution in [1.29, 1.82) is 5.26 Å². The zero-order chi connectivity index (χ0) is 10.1. The summed E-state index contributed by atoms with van der Waals surface area (Å²) in [7, 11) is 0. The van der Waals surface area contributed by atoms with Crippen LogP contribution in [0.4, 0.5) is 0 Å². The Hall–Kier alpha value is -0.550. The maximum atomic E-state index is 8.86. The van der Waals surface area contributed by atoms with Gasteiger partial charge in [-0.1, -0.05) is 20.8 Å². The van der Waals surface area contributed by atoms with Gasteiger partial charge >= 0.3 is 0 Å². The summed E-state index contributed by atoms with van der Waals surface area (Å²) < 4.78 is 0. The van der Waals surface area contributed by atoms with Gasteiger partial charge in [0.25, 0.3) is 0 Å². The van der Waals surface area contributed by atoms with Crippen LogP contribution in [0.1, 0.15) is 46.5 Å². The molecule has 1 saturated carbocycles. The Bertz CT molecular complexity index is 211. The van der Waals surface area contributed by atoms with Crippen molar-refractivity contribution in [3.63, 3.8) is 0 Å². The first-order valence-electron chi connectivity index (χ1n) is 5.07. The highest BCUT2D eigenvalue weighted by Crippen LogP contribution is 2.40. The summed E-state index contributed by atoms with van der Waals surface area (Å²) in [4.78, 5) is 0. The molecule has 0 unspecified atom stereocenters. The molecule has 0 heterocycles. The van der Waals surface area contributed by atoms with E-state index in [4.69, 9.17) is 11.0 Å². The van der Waals surface area contributed by atoms with Gasteiger partial charge < -0.3 is 5.73 Å². The van der Waals surface area contributed by atoms with Crippen LogP contribution >= 0.6 is 0 Å². The van der Waals surface area contributed by atoms with E-state index in [0.29, 0.717) is 5.41 Å². The van der Waals surface area contributed by atoms with E-state index >= 15 is 0 Å². The molecule has 2 N–H and O–H groups in total. The van der Waals surface area contributed by atoms with E-state index in [1.165, 1.54) is 0 Å². The van der Waals surface area contributed by atoms with E-state index in [9.17, 15) is 0 Å². The number of rotatable bonds is 0. The third-order valence-corrected chi connectivity index (χ3v) is 3.33. The van der Waals surface area contributed by atoms with Gasteiger partial charge in [0.2, 0.25) is 0 Å². The monoisotopic (exact) mass is 180 g/mol. The predicted molar refractivity (Wildman–Crippen MR) is 53.9 cm³/mol. The third-order valence-electron chi connectivity index (χ3n) is 3.33. The van der Waals surface area contributed by atoms with Gasteiger partial charge in [0.15, 0.2) is 0 Å². The van der Waals surface area contributed by atoms with Gasteiger partial charge in [-0.15, -0.1) is 0 Å². The Morgan fingerprint density at radius 1 is 1.31 bits per heavy atom. The molecule has 1 aliphatic carbocycles. The Morgan fingerprint density at radius 2 is 1.77 bits per heavy atom. The van der Waals surface area contributed by atoms with Crippen molar-refractivity contribution in [2.45, 2.75) is 52.0 Å². The van der Waals surface area contributed by atoms with Gasteiger partial charge in [0, 0.05) is 0 Å². The van der Waals surface area contributed by atoms with E-state index in [1.807, 2.05) is 0 Å². The van der Waals surface area contributed by atoms with E-state index in [2.05, 4.69) is 26.8 Å². The Kier molecular flexibility index (Phi) is 2.68. The second-order valence-electron chi connectivity index (χ2n) is 5.41. The smallest absolute Gasteiger partial charge is 0.104 e. The molecule has 0 amide bonds. The quantitative estimate of drug-likeness (QED) is 0.622. The molecule has 0 aromatic carbocycles. The third kappa shape index (κ3) is 2.45. The number of hydrogen-bond acceptors (Lipinski definition) is 2. The molecule has 0 saturated heterocycles. The predicted octanol–water partition coefficient (Wildman–Crippen LogP) is 2.44. The molecule has 0 aromatic heterocycles. The topological polar surface area (TPSA) is 49.8 Å².